The number of hydrogen-bond acceptors (Lipinski definition) is 2. The van der Waals surface area contributed by atoms with Crippen molar-refractivity contribution in [3.8, 4) is 5.75 Å². The number of alkyl halides is 1. The fraction of sp³-hybridized carbons (Fsp3) is 0.417. The first-order chi connectivity index (χ1) is 6.97. The molecule has 0 aromatic heterocycles. The molecule has 0 fully saturated rings. The molecule has 1 aromatic carbocycles. The van der Waals surface area contributed by atoms with Crippen LogP contribution >= 0.6 is 22.6 Å². The van der Waals surface area contributed by atoms with Crippen molar-refractivity contribution in [2.24, 2.45) is 0 Å². The third-order valence-corrected chi connectivity index (χ3v) is 4.11. The Labute approximate surface area is 104 Å². The van der Waals surface area contributed by atoms with Crippen molar-refractivity contribution in [3.05, 3.63) is 29.8 Å². The van der Waals surface area contributed by atoms with Crippen LogP contribution in [0.3, 0.4) is 0 Å². The maximum atomic E-state index is 11.0. The Kier molecular flexibility index (Phi) is 4.13. The summed E-state index contributed by atoms with van der Waals surface area (Å²) in [6.07, 6.45) is 0. The van der Waals surface area contributed by atoms with Crippen LogP contribution in [-0.4, -0.2) is 10.4 Å². The van der Waals surface area contributed by atoms with Crippen molar-refractivity contribution >= 4 is 28.6 Å². The zero-order valence-electron chi connectivity index (χ0n) is 9.21. The monoisotopic (exact) mass is 318 g/mol. The summed E-state index contributed by atoms with van der Waals surface area (Å²) >= 11 is 2.34. The fourth-order valence-electron chi connectivity index (χ4n) is 1.34. The van der Waals surface area contributed by atoms with Crippen LogP contribution in [-0.2, 0) is 10.2 Å². The van der Waals surface area contributed by atoms with E-state index in [0.717, 1.165) is 9.99 Å². The largest absolute Gasteiger partial charge is 0.426 e. The minimum Gasteiger partial charge on any atom is -0.426 e. The lowest BCUT2D eigenvalue weighted by Gasteiger charge is -2.24. The number of rotatable bonds is 3. The summed E-state index contributed by atoms with van der Waals surface area (Å²) in [5, 5.41) is 0. The van der Waals surface area contributed by atoms with E-state index in [1.165, 1.54) is 6.92 Å². The smallest absolute Gasteiger partial charge is 0.308 e. The second-order valence-corrected chi connectivity index (χ2v) is 4.87. The van der Waals surface area contributed by atoms with Crippen LogP contribution in [0.2, 0.25) is 0 Å². The van der Waals surface area contributed by atoms with Gasteiger partial charge >= 0.3 is 5.97 Å². The molecule has 0 radical (unpaired) electrons. The summed E-state index contributed by atoms with van der Waals surface area (Å²) in [4.78, 5) is 11.0. The van der Waals surface area contributed by atoms with Crippen molar-refractivity contribution in [3.63, 3.8) is 0 Å². The molecule has 0 aliphatic rings. The molecule has 0 saturated carbocycles. The van der Waals surface area contributed by atoms with E-state index in [0.29, 0.717) is 5.75 Å². The lowest BCUT2D eigenvalue weighted by atomic mass is 9.86. The highest BCUT2D eigenvalue weighted by Gasteiger charge is 2.23. The van der Waals surface area contributed by atoms with Crippen LogP contribution in [0, 0.1) is 0 Å². The first kappa shape index (κ1) is 12.5. The lowest BCUT2D eigenvalue weighted by Crippen LogP contribution is -2.20. The molecule has 1 aromatic rings. The number of ether oxygens (including phenoxy) is 1. The number of benzene rings is 1. The van der Waals surface area contributed by atoms with Crippen LogP contribution in [0.25, 0.3) is 0 Å². The van der Waals surface area contributed by atoms with Gasteiger partial charge in [0.15, 0.2) is 0 Å². The fourth-order valence-corrected chi connectivity index (χ4v) is 1.75. The third kappa shape index (κ3) is 3.19. The van der Waals surface area contributed by atoms with Gasteiger partial charge in [0.2, 0.25) is 0 Å². The van der Waals surface area contributed by atoms with Gasteiger partial charge in [-0.25, -0.2) is 0 Å². The van der Waals surface area contributed by atoms with Crippen LogP contribution in [0.1, 0.15) is 26.3 Å². The minimum atomic E-state index is -0.272. The molecule has 15 heavy (non-hydrogen) atoms. The number of esters is 1. The van der Waals surface area contributed by atoms with Crippen LogP contribution < -0.4 is 4.74 Å². The maximum Gasteiger partial charge on any atom is 0.308 e. The SMILES string of the molecule is CC(=O)Oc1ccccc1C(C)(C)CI. The third-order valence-electron chi connectivity index (χ3n) is 2.20. The molecular weight excluding hydrogens is 303 g/mol. The van der Waals surface area contributed by atoms with Gasteiger partial charge in [-0.2, -0.15) is 0 Å². The van der Waals surface area contributed by atoms with Gasteiger partial charge in [0, 0.05) is 22.3 Å². The number of halogens is 1. The zero-order chi connectivity index (χ0) is 11.5. The zero-order valence-corrected chi connectivity index (χ0v) is 11.4. The van der Waals surface area contributed by atoms with E-state index < -0.39 is 0 Å². The van der Waals surface area contributed by atoms with Crippen LogP contribution in [0.4, 0.5) is 0 Å². The lowest BCUT2D eigenvalue weighted by molar-refractivity contribution is -0.131. The Bertz CT molecular complexity index is 358. The first-order valence-electron chi connectivity index (χ1n) is 4.81. The molecule has 0 N–H and O–H groups in total. The van der Waals surface area contributed by atoms with E-state index in [2.05, 4.69) is 36.4 Å². The second kappa shape index (κ2) is 4.96. The molecule has 0 saturated heterocycles. The highest BCUT2D eigenvalue weighted by Crippen LogP contribution is 2.33. The van der Waals surface area contributed by atoms with E-state index in [-0.39, 0.29) is 11.4 Å². The predicted octanol–water partition coefficient (Wildman–Crippen LogP) is 3.32. The van der Waals surface area contributed by atoms with Crippen LogP contribution in [0.5, 0.6) is 5.75 Å². The summed E-state index contributed by atoms with van der Waals surface area (Å²) in [5.74, 6) is 0.401. The Morgan fingerprint density at radius 3 is 2.53 bits per heavy atom. The van der Waals surface area contributed by atoms with Crippen molar-refractivity contribution in [1.29, 1.82) is 0 Å². The van der Waals surface area contributed by atoms with E-state index in [4.69, 9.17) is 4.74 Å². The Morgan fingerprint density at radius 1 is 1.40 bits per heavy atom. The molecule has 0 aliphatic heterocycles. The molecule has 0 unspecified atom stereocenters. The molecule has 0 aliphatic carbocycles. The molecule has 0 bridgehead atoms. The number of para-hydroxylation sites is 1. The van der Waals surface area contributed by atoms with Crippen LogP contribution in [0.15, 0.2) is 24.3 Å². The standard InChI is InChI=1S/C12H15IO2/c1-9(14)15-11-7-5-4-6-10(11)12(2,3)8-13/h4-7H,8H2,1-3H3. The Hall–Kier alpha value is -0.580. The molecular formula is C12H15IO2. The molecule has 2 nitrogen and oxygen atoms in total. The van der Waals surface area contributed by atoms with E-state index in [1.807, 2.05) is 24.3 Å². The maximum absolute atomic E-state index is 11.0. The summed E-state index contributed by atoms with van der Waals surface area (Å²) < 4.78 is 6.17. The van der Waals surface area contributed by atoms with Crippen molar-refractivity contribution in [1.82, 2.24) is 0 Å². The van der Waals surface area contributed by atoms with Crippen molar-refractivity contribution < 1.29 is 9.53 Å². The molecule has 0 spiro atoms. The summed E-state index contributed by atoms with van der Waals surface area (Å²) in [6.45, 7) is 5.71. The van der Waals surface area contributed by atoms with Crippen molar-refractivity contribution in [2.45, 2.75) is 26.2 Å². The summed E-state index contributed by atoms with van der Waals surface area (Å²) in [6, 6.07) is 7.70. The summed E-state index contributed by atoms with van der Waals surface area (Å²) in [5.41, 5.74) is 1.10. The van der Waals surface area contributed by atoms with Gasteiger partial charge in [0.05, 0.1) is 0 Å². The van der Waals surface area contributed by atoms with Gasteiger partial charge in [-0.3, -0.25) is 4.79 Å². The van der Waals surface area contributed by atoms with Gasteiger partial charge in [0.1, 0.15) is 5.75 Å². The highest BCUT2D eigenvalue weighted by molar-refractivity contribution is 14.1. The quantitative estimate of drug-likeness (QED) is 0.370. The molecule has 0 heterocycles. The highest BCUT2D eigenvalue weighted by atomic mass is 127. The Morgan fingerprint density at radius 2 is 2.00 bits per heavy atom. The molecule has 3 heteroatoms. The van der Waals surface area contributed by atoms with Gasteiger partial charge in [0.25, 0.3) is 0 Å². The average molecular weight is 318 g/mol. The number of carbonyl (C=O) groups excluding carboxylic acids is 1. The van der Waals surface area contributed by atoms with E-state index >= 15 is 0 Å². The van der Waals surface area contributed by atoms with Gasteiger partial charge < -0.3 is 4.74 Å². The number of carbonyl (C=O) groups is 1. The van der Waals surface area contributed by atoms with Gasteiger partial charge in [-0.1, -0.05) is 54.6 Å². The second-order valence-electron chi connectivity index (χ2n) is 4.11. The van der Waals surface area contributed by atoms with Gasteiger partial charge in [-0.05, 0) is 6.07 Å². The number of hydrogen-bond donors (Lipinski definition) is 0. The molecule has 1 rings (SSSR count). The topological polar surface area (TPSA) is 26.3 Å². The van der Waals surface area contributed by atoms with E-state index in [9.17, 15) is 4.79 Å². The minimum absolute atomic E-state index is 0.0204. The van der Waals surface area contributed by atoms with E-state index in [1.54, 1.807) is 0 Å². The van der Waals surface area contributed by atoms with Gasteiger partial charge in [-0.15, -0.1) is 0 Å². The Balaban J connectivity index is 3.11. The molecule has 0 atom stereocenters. The average Bonchev–Trinajstić information content (AvgIpc) is 2.17. The molecule has 0 amide bonds. The predicted molar refractivity (Wildman–Crippen MR) is 69.7 cm³/mol. The van der Waals surface area contributed by atoms with Crippen molar-refractivity contribution in [2.75, 3.05) is 4.43 Å². The summed E-state index contributed by atoms with van der Waals surface area (Å²) in [7, 11) is 0. The normalized spacial score (nSPS) is 11.2. The first-order valence-corrected chi connectivity index (χ1v) is 6.34. The molecule has 82 valence electrons.